The number of nitrogens with one attached hydrogen (secondary N) is 1. The smallest absolute Gasteiger partial charge is 0.226 e. The minimum atomic E-state index is -0.0628. The van der Waals surface area contributed by atoms with Crippen LogP contribution in [0.4, 0.5) is 0 Å². The largest absolute Gasteiger partial charge is 0.342 e. The van der Waals surface area contributed by atoms with E-state index in [-0.39, 0.29) is 36.1 Å². The summed E-state index contributed by atoms with van der Waals surface area (Å²) in [7, 11) is 0. The van der Waals surface area contributed by atoms with Gasteiger partial charge in [-0.2, -0.15) is 0 Å². The topological polar surface area (TPSA) is 52.7 Å². The van der Waals surface area contributed by atoms with Gasteiger partial charge in [-0.3, -0.25) is 9.59 Å². The first-order valence-electron chi connectivity index (χ1n) is 10.5. The summed E-state index contributed by atoms with van der Waals surface area (Å²) in [6.45, 7) is 7.75. The number of carbonyl (C=O) groups excluding carboxylic acids is 2. The van der Waals surface area contributed by atoms with Crippen LogP contribution in [0.3, 0.4) is 0 Å². The lowest BCUT2D eigenvalue weighted by Gasteiger charge is -2.38. The highest BCUT2D eigenvalue weighted by Gasteiger charge is 2.40. The lowest BCUT2D eigenvalue weighted by Crippen LogP contribution is -2.48. The van der Waals surface area contributed by atoms with Crippen LogP contribution in [0.25, 0.3) is 0 Å². The molecule has 3 fully saturated rings. The minimum Gasteiger partial charge on any atom is -0.342 e. The molecule has 2 amide bonds. The van der Waals surface area contributed by atoms with E-state index in [1.54, 1.807) is 0 Å². The van der Waals surface area contributed by atoms with Gasteiger partial charge in [-0.15, -0.1) is 12.4 Å². The van der Waals surface area contributed by atoms with Crippen LogP contribution < -0.4 is 5.32 Å². The van der Waals surface area contributed by atoms with Gasteiger partial charge < -0.3 is 15.1 Å². The fourth-order valence-corrected chi connectivity index (χ4v) is 4.83. The van der Waals surface area contributed by atoms with Crippen LogP contribution in [-0.4, -0.2) is 60.9 Å². The van der Waals surface area contributed by atoms with Gasteiger partial charge in [0.25, 0.3) is 0 Å². The summed E-state index contributed by atoms with van der Waals surface area (Å²) in [6.07, 6.45) is 8.43. The molecule has 26 heavy (non-hydrogen) atoms. The van der Waals surface area contributed by atoms with Crippen LogP contribution in [0.1, 0.15) is 58.3 Å². The van der Waals surface area contributed by atoms with Crippen molar-refractivity contribution >= 4 is 24.2 Å². The standard InChI is InChI=1S/C20H35N3O2.ClH/c1-2-21-15-16-9-13-23(14-10-16)20(25)18-8-4-3-7-17(18)19(24)22-11-5-6-12-22;/h16-18,21H,2-15H2,1H3;1H. The number of rotatable bonds is 5. The van der Waals surface area contributed by atoms with E-state index in [0.29, 0.717) is 5.92 Å². The third kappa shape index (κ3) is 5.13. The summed E-state index contributed by atoms with van der Waals surface area (Å²) in [5.41, 5.74) is 0. The molecule has 0 aromatic heterocycles. The molecule has 1 saturated carbocycles. The highest BCUT2D eigenvalue weighted by Crippen LogP contribution is 2.34. The van der Waals surface area contributed by atoms with Crippen molar-refractivity contribution < 1.29 is 9.59 Å². The Labute approximate surface area is 164 Å². The first-order chi connectivity index (χ1) is 12.2. The molecule has 1 N–H and O–H groups in total. The fourth-order valence-electron chi connectivity index (χ4n) is 4.83. The van der Waals surface area contributed by atoms with E-state index in [1.807, 2.05) is 4.90 Å². The first-order valence-corrected chi connectivity index (χ1v) is 10.5. The lowest BCUT2D eigenvalue weighted by molar-refractivity contribution is -0.148. The first kappa shape index (κ1) is 21.5. The van der Waals surface area contributed by atoms with Gasteiger partial charge in [0.05, 0.1) is 0 Å². The Hall–Kier alpha value is -0.810. The molecule has 0 spiro atoms. The quantitative estimate of drug-likeness (QED) is 0.791. The van der Waals surface area contributed by atoms with Crippen LogP contribution in [-0.2, 0) is 9.59 Å². The monoisotopic (exact) mass is 385 g/mol. The van der Waals surface area contributed by atoms with E-state index >= 15 is 0 Å². The van der Waals surface area contributed by atoms with Gasteiger partial charge in [0, 0.05) is 38.0 Å². The number of halogens is 1. The van der Waals surface area contributed by atoms with E-state index in [0.717, 1.165) is 90.6 Å². The molecule has 2 unspecified atom stereocenters. The van der Waals surface area contributed by atoms with E-state index in [9.17, 15) is 9.59 Å². The number of hydrogen-bond donors (Lipinski definition) is 1. The number of likely N-dealkylation sites (tertiary alicyclic amines) is 2. The van der Waals surface area contributed by atoms with Crippen molar-refractivity contribution in [3.8, 4) is 0 Å². The van der Waals surface area contributed by atoms with Gasteiger partial charge in [0.15, 0.2) is 0 Å². The van der Waals surface area contributed by atoms with Gasteiger partial charge in [-0.25, -0.2) is 0 Å². The van der Waals surface area contributed by atoms with Gasteiger partial charge in [0.2, 0.25) is 11.8 Å². The van der Waals surface area contributed by atoms with E-state index in [4.69, 9.17) is 0 Å². The van der Waals surface area contributed by atoms with Gasteiger partial charge in [0.1, 0.15) is 0 Å². The zero-order valence-electron chi connectivity index (χ0n) is 16.3. The summed E-state index contributed by atoms with van der Waals surface area (Å²) in [4.78, 5) is 30.1. The van der Waals surface area contributed by atoms with Crippen LogP contribution in [0.2, 0.25) is 0 Å². The second-order valence-electron chi connectivity index (χ2n) is 8.11. The van der Waals surface area contributed by atoms with Crippen molar-refractivity contribution in [3.05, 3.63) is 0 Å². The summed E-state index contributed by atoms with van der Waals surface area (Å²) >= 11 is 0. The molecule has 3 aliphatic rings. The van der Waals surface area contributed by atoms with Gasteiger partial charge in [-0.05, 0) is 57.5 Å². The molecule has 0 aromatic rings. The van der Waals surface area contributed by atoms with E-state index in [1.165, 1.54) is 0 Å². The number of amides is 2. The molecule has 2 atom stereocenters. The zero-order valence-corrected chi connectivity index (χ0v) is 17.1. The van der Waals surface area contributed by atoms with Crippen LogP contribution >= 0.6 is 12.4 Å². The van der Waals surface area contributed by atoms with Crippen LogP contribution in [0.15, 0.2) is 0 Å². The van der Waals surface area contributed by atoms with Crippen molar-refractivity contribution in [1.29, 1.82) is 0 Å². The molecule has 0 radical (unpaired) electrons. The predicted molar refractivity (Wildman–Crippen MR) is 106 cm³/mol. The third-order valence-electron chi connectivity index (χ3n) is 6.43. The molecule has 6 heteroatoms. The number of carbonyl (C=O) groups is 2. The Morgan fingerprint density at radius 1 is 0.808 bits per heavy atom. The highest BCUT2D eigenvalue weighted by molar-refractivity contribution is 5.88. The molecule has 2 aliphatic heterocycles. The van der Waals surface area contributed by atoms with Crippen molar-refractivity contribution in [1.82, 2.24) is 15.1 Å². The van der Waals surface area contributed by atoms with Gasteiger partial charge in [-0.1, -0.05) is 19.8 Å². The normalized spacial score (nSPS) is 27.3. The molecule has 2 saturated heterocycles. The average Bonchev–Trinajstić information content (AvgIpc) is 3.20. The molecule has 150 valence electrons. The predicted octanol–water partition coefficient (Wildman–Crippen LogP) is 2.69. The zero-order chi connectivity index (χ0) is 17.6. The van der Waals surface area contributed by atoms with Crippen molar-refractivity contribution in [2.75, 3.05) is 39.3 Å². The Bertz CT molecular complexity index is 460. The second-order valence-corrected chi connectivity index (χ2v) is 8.11. The molecular weight excluding hydrogens is 350 g/mol. The SMILES string of the molecule is CCNCC1CCN(C(=O)C2CCCCC2C(=O)N2CCCC2)CC1.Cl. The van der Waals surface area contributed by atoms with E-state index < -0.39 is 0 Å². The number of piperidine rings is 1. The second kappa shape index (κ2) is 10.5. The van der Waals surface area contributed by atoms with E-state index in [2.05, 4.69) is 17.1 Å². The maximum atomic E-state index is 13.1. The Balaban J connectivity index is 0.00000243. The average molecular weight is 386 g/mol. The summed E-state index contributed by atoms with van der Waals surface area (Å²) < 4.78 is 0. The van der Waals surface area contributed by atoms with Crippen molar-refractivity contribution in [2.24, 2.45) is 17.8 Å². The number of nitrogens with zero attached hydrogens (tertiary/aromatic N) is 2. The summed E-state index contributed by atoms with van der Waals surface area (Å²) in [5.74, 6) is 1.10. The maximum Gasteiger partial charge on any atom is 0.226 e. The van der Waals surface area contributed by atoms with Gasteiger partial charge >= 0.3 is 0 Å². The Morgan fingerprint density at radius 2 is 1.31 bits per heavy atom. The molecular formula is C20H36ClN3O2. The fraction of sp³-hybridized carbons (Fsp3) is 0.900. The van der Waals surface area contributed by atoms with Crippen LogP contribution in [0.5, 0.6) is 0 Å². The summed E-state index contributed by atoms with van der Waals surface area (Å²) in [5, 5.41) is 3.43. The Kier molecular flexibility index (Phi) is 8.68. The van der Waals surface area contributed by atoms with Crippen LogP contribution in [0, 0.1) is 17.8 Å². The highest BCUT2D eigenvalue weighted by atomic mass is 35.5. The minimum absolute atomic E-state index is 0. The molecule has 3 rings (SSSR count). The molecule has 1 aliphatic carbocycles. The molecule has 0 aromatic carbocycles. The molecule has 0 bridgehead atoms. The van der Waals surface area contributed by atoms with Crippen molar-refractivity contribution in [3.63, 3.8) is 0 Å². The molecule has 2 heterocycles. The maximum absolute atomic E-state index is 13.1. The third-order valence-corrected chi connectivity index (χ3v) is 6.43. The number of hydrogen-bond acceptors (Lipinski definition) is 3. The summed E-state index contributed by atoms with van der Waals surface area (Å²) in [6, 6.07) is 0. The Morgan fingerprint density at radius 3 is 1.81 bits per heavy atom. The van der Waals surface area contributed by atoms with Crippen molar-refractivity contribution in [2.45, 2.75) is 58.3 Å². The molecule has 5 nitrogen and oxygen atoms in total. The lowest BCUT2D eigenvalue weighted by atomic mass is 9.77.